The second-order valence-corrected chi connectivity index (χ2v) is 10.6. The van der Waals surface area contributed by atoms with Gasteiger partial charge in [-0.1, -0.05) is 0 Å². The van der Waals surface area contributed by atoms with Crippen LogP contribution in [0, 0.1) is 0 Å². The standard InChI is InChI=1S/C22H28N2O5S/c1-22(2,3)30(26,27)24-18-6-4-16(5-7-18)21(25)23-17-8-10-19(11-9-17)29-20-12-14-28-15-13-20/h4-11,20,24H,12-15H2,1-3H3,(H,23,25). The molecule has 7 nitrogen and oxygen atoms in total. The molecule has 2 aromatic rings. The summed E-state index contributed by atoms with van der Waals surface area (Å²) in [7, 11) is -3.52. The molecule has 162 valence electrons. The summed E-state index contributed by atoms with van der Waals surface area (Å²) < 4.78 is 37.3. The Balaban J connectivity index is 1.58. The van der Waals surface area contributed by atoms with Gasteiger partial charge in [0.1, 0.15) is 11.9 Å². The zero-order valence-corrected chi connectivity index (χ0v) is 18.3. The molecule has 0 unspecified atom stereocenters. The Morgan fingerprint density at radius 2 is 1.53 bits per heavy atom. The predicted octanol–water partition coefficient (Wildman–Crippen LogP) is 4.04. The Labute approximate surface area is 177 Å². The van der Waals surface area contributed by atoms with E-state index in [9.17, 15) is 13.2 Å². The maximum Gasteiger partial charge on any atom is 0.255 e. The highest BCUT2D eigenvalue weighted by molar-refractivity contribution is 7.94. The van der Waals surface area contributed by atoms with E-state index in [1.54, 1.807) is 57.2 Å². The SMILES string of the molecule is CC(C)(C)S(=O)(=O)Nc1ccc(C(=O)Nc2ccc(OC3CCOCC3)cc2)cc1. The number of ether oxygens (including phenoxy) is 2. The topological polar surface area (TPSA) is 93.7 Å². The molecule has 0 atom stereocenters. The summed E-state index contributed by atoms with van der Waals surface area (Å²) in [5, 5.41) is 2.83. The number of nitrogens with one attached hydrogen (secondary N) is 2. The van der Waals surface area contributed by atoms with Gasteiger partial charge in [0, 0.05) is 29.8 Å². The van der Waals surface area contributed by atoms with Crippen LogP contribution in [0.3, 0.4) is 0 Å². The summed E-state index contributed by atoms with van der Waals surface area (Å²) in [6.45, 7) is 6.30. The number of rotatable bonds is 6. The van der Waals surface area contributed by atoms with Crippen molar-refractivity contribution in [3.05, 3.63) is 54.1 Å². The van der Waals surface area contributed by atoms with Crippen LogP contribution in [0.1, 0.15) is 44.0 Å². The Bertz CT molecular complexity index is 958. The largest absolute Gasteiger partial charge is 0.490 e. The van der Waals surface area contributed by atoms with Crippen LogP contribution < -0.4 is 14.8 Å². The molecule has 0 aromatic heterocycles. The van der Waals surface area contributed by atoms with Crippen molar-refractivity contribution in [2.75, 3.05) is 23.3 Å². The van der Waals surface area contributed by atoms with Crippen LogP contribution in [-0.4, -0.2) is 38.4 Å². The monoisotopic (exact) mass is 432 g/mol. The number of hydrogen-bond donors (Lipinski definition) is 2. The van der Waals surface area contributed by atoms with Gasteiger partial charge in [-0.3, -0.25) is 9.52 Å². The highest BCUT2D eigenvalue weighted by Crippen LogP contribution is 2.22. The zero-order chi connectivity index (χ0) is 21.8. The van der Waals surface area contributed by atoms with E-state index in [-0.39, 0.29) is 12.0 Å². The van der Waals surface area contributed by atoms with Crippen LogP contribution in [0.25, 0.3) is 0 Å². The molecule has 0 aliphatic carbocycles. The van der Waals surface area contributed by atoms with Gasteiger partial charge in [-0.15, -0.1) is 0 Å². The highest BCUT2D eigenvalue weighted by Gasteiger charge is 2.28. The molecule has 30 heavy (non-hydrogen) atoms. The first-order chi connectivity index (χ1) is 14.1. The van der Waals surface area contributed by atoms with E-state index in [1.165, 1.54) is 0 Å². The molecule has 1 aliphatic heterocycles. The fraction of sp³-hybridized carbons (Fsp3) is 0.409. The number of benzene rings is 2. The second kappa shape index (κ2) is 9.06. The molecule has 1 aliphatic rings. The van der Waals surface area contributed by atoms with Crippen molar-refractivity contribution in [2.45, 2.75) is 44.5 Å². The van der Waals surface area contributed by atoms with Gasteiger partial charge in [-0.25, -0.2) is 8.42 Å². The first-order valence-electron chi connectivity index (χ1n) is 9.92. The number of carbonyl (C=O) groups is 1. The third kappa shape index (κ3) is 5.73. The molecule has 8 heteroatoms. The third-order valence-electron chi connectivity index (χ3n) is 4.79. The summed E-state index contributed by atoms with van der Waals surface area (Å²) in [4.78, 5) is 12.5. The first kappa shape index (κ1) is 22.1. The zero-order valence-electron chi connectivity index (χ0n) is 17.5. The van der Waals surface area contributed by atoms with Gasteiger partial charge in [-0.05, 0) is 69.3 Å². The fourth-order valence-corrected chi connectivity index (χ4v) is 3.56. The van der Waals surface area contributed by atoms with Gasteiger partial charge >= 0.3 is 0 Å². The average molecular weight is 433 g/mol. The van der Waals surface area contributed by atoms with Crippen LogP contribution >= 0.6 is 0 Å². The lowest BCUT2D eigenvalue weighted by Gasteiger charge is -2.23. The first-order valence-corrected chi connectivity index (χ1v) is 11.4. The maximum absolute atomic E-state index is 12.5. The third-order valence-corrected chi connectivity index (χ3v) is 6.91. The van der Waals surface area contributed by atoms with E-state index < -0.39 is 14.8 Å². The van der Waals surface area contributed by atoms with Crippen molar-refractivity contribution in [2.24, 2.45) is 0 Å². The van der Waals surface area contributed by atoms with E-state index in [1.807, 2.05) is 12.1 Å². The predicted molar refractivity (Wildman–Crippen MR) is 118 cm³/mol. The Morgan fingerprint density at radius 1 is 0.967 bits per heavy atom. The van der Waals surface area contributed by atoms with Crippen molar-refractivity contribution in [1.82, 2.24) is 0 Å². The molecule has 1 fully saturated rings. The average Bonchev–Trinajstić information content (AvgIpc) is 2.70. The van der Waals surface area contributed by atoms with Crippen LogP contribution in [0.2, 0.25) is 0 Å². The van der Waals surface area contributed by atoms with Gasteiger partial charge in [0.15, 0.2) is 0 Å². The molecule has 0 saturated carbocycles. The molecule has 0 spiro atoms. The molecule has 1 heterocycles. The summed E-state index contributed by atoms with van der Waals surface area (Å²) in [5.74, 6) is 0.480. The van der Waals surface area contributed by atoms with Gasteiger partial charge in [0.05, 0.1) is 18.0 Å². The van der Waals surface area contributed by atoms with Crippen LogP contribution in [-0.2, 0) is 14.8 Å². The van der Waals surface area contributed by atoms with Gasteiger partial charge in [0.2, 0.25) is 10.0 Å². The Kier molecular flexibility index (Phi) is 6.67. The second-order valence-electron chi connectivity index (χ2n) is 8.20. The lowest BCUT2D eigenvalue weighted by Crippen LogP contribution is -2.33. The minimum Gasteiger partial charge on any atom is -0.490 e. The van der Waals surface area contributed by atoms with Crippen molar-refractivity contribution < 1.29 is 22.7 Å². The van der Waals surface area contributed by atoms with Crippen molar-refractivity contribution in [3.63, 3.8) is 0 Å². The van der Waals surface area contributed by atoms with Crippen LogP contribution in [0.4, 0.5) is 11.4 Å². The van der Waals surface area contributed by atoms with E-state index in [2.05, 4.69) is 10.0 Å². The van der Waals surface area contributed by atoms with Crippen LogP contribution in [0.5, 0.6) is 5.75 Å². The quantitative estimate of drug-likeness (QED) is 0.719. The van der Waals surface area contributed by atoms with E-state index in [0.717, 1.165) is 31.8 Å². The fourth-order valence-electron chi connectivity index (χ4n) is 2.80. The molecule has 0 radical (unpaired) electrons. The Morgan fingerprint density at radius 3 is 2.10 bits per heavy atom. The molecule has 2 N–H and O–H groups in total. The highest BCUT2D eigenvalue weighted by atomic mass is 32.2. The van der Waals surface area contributed by atoms with Gasteiger partial charge in [-0.2, -0.15) is 0 Å². The number of amides is 1. The number of carbonyl (C=O) groups excluding carboxylic acids is 1. The van der Waals surface area contributed by atoms with Crippen molar-refractivity contribution in [1.29, 1.82) is 0 Å². The minimum atomic E-state index is -3.52. The number of sulfonamides is 1. The van der Waals surface area contributed by atoms with Gasteiger partial charge in [0.25, 0.3) is 5.91 Å². The normalized spacial score (nSPS) is 15.4. The molecular formula is C22H28N2O5S. The lowest BCUT2D eigenvalue weighted by molar-refractivity contribution is 0.0256. The summed E-state index contributed by atoms with van der Waals surface area (Å²) in [5.41, 5.74) is 1.49. The van der Waals surface area contributed by atoms with Crippen molar-refractivity contribution >= 4 is 27.3 Å². The summed E-state index contributed by atoms with van der Waals surface area (Å²) in [6, 6.07) is 13.5. The summed E-state index contributed by atoms with van der Waals surface area (Å²) >= 11 is 0. The molecule has 1 amide bonds. The molecule has 0 bridgehead atoms. The van der Waals surface area contributed by atoms with Gasteiger partial charge < -0.3 is 14.8 Å². The number of anilines is 2. The number of hydrogen-bond acceptors (Lipinski definition) is 5. The van der Waals surface area contributed by atoms with E-state index in [4.69, 9.17) is 9.47 Å². The van der Waals surface area contributed by atoms with Crippen molar-refractivity contribution in [3.8, 4) is 5.75 Å². The maximum atomic E-state index is 12.5. The van der Waals surface area contributed by atoms with E-state index >= 15 is 0 Å². The summed E-state index contributed by atoms with van der Waals surface area (Å²) in [6.07, 6.45) is 1.91. The Hall–Kier alpha value is -2.58. The minimum absolute atomic E-state index is 0.161. The molecule has 1 saturated heterocycles. The molecule has 3 rings (SSSR count). The van der Waals surface area contributed by atoms with Crippen LogP contribution in [0.15, 0.2) is 48.5 Å². The molecular weight excluding hydrogens is 404 g/mol. The lowest BCUT2D eigenvalue weighted by atomic mass is 10.1. The van der Waals surface area contributed by atoms with E-state index in [0.29, 0.717) is 16.9 Å². The smallest absolute Gasteiger partial charge is 0.255 e. The molecule has 2 aromatic carbocycles.